The molecular formula is C22H36N2O4. The van der Waals surface area contributed by atoms with Gasteiger partial charge in [0.15, 0.2) is 0 Å². The van der Waals surface area contributed by atoms with Crippen LogP contribution in [-0.4, -0.2) is 54.7 Å². The van der Waals surface area contributed by atoms with Crippen LogP contribution in [0.5, 0.6) is 0 Å². The maximum atomic E-state index is 12.7. The van der Waals surface area contributed by atoms with E-state index in [2.05, 4.69) is 10.2 Å². The first-order valence-corrected chi connectivity index (χ1v) is 10.1. The first-order valence-electron chi connectivity index (χ1n) is 10.1. The minimum atomic E-state index is -0.565. The molecule has 1 N–H and O–H groups in total. The summed E-state index contributed by atoms with van der Waals surface area (Å²) < 4.78 is 10.9. The molecule has 0 aliphatic carbocycles. The van der Waals surface area contributed by atoms with Crippen molar-refractivity contribution in [2.75, 3.05) is 26.2 Å². The van der Waals surface area contributed by atoms with E-state index in [0.717, 1.165) is 18.7 Å². The van der Waals surface area contributed by atoms with Gasteiger partial charge in [-0.1, -0.05) is 44.2 Å². The van der Waals surface area contributed by atoms with Crippen molar-refractivity contribution >= 4 is 11.9 Å². The second-order valence-electron chi connectivity index (χ2n) is 7.72. The SMILES string of the molecule is CCNCCN(CC)C(CCC(=O)OCc1ccccc1)C(=O)OC(C)(C)C. The Morgan fingerprint density at radius 1 is 1.14 bits per heavy atom. The molecule has 6 heteroatoms. The number of ether oxygens (including phenoxy) is 2. The van der Waals surface area contributed by atoms with Gasteiger partial charge in [0, 0.05) is 19.5 Å². The van der Waals surface area contributed by atoms with Gasteiger partial charge < -0.3 is 14.8 Å². The van der Waals surface area contributed by atoms with E-state index in [1.54, 1.807) is 0 Å². The number of rotatable bonds is 12. The summed E-state index contributed by atoms with van der Waals surface area (Å²) in [6, 6.07) is 9.10. The van der Waals surface area contributed by atoms with E-state index < -0.39 is 11.6 Å². The Morgan fingerprint density at radius 2 is 1.82 bits per heavy atom. The number of hydrogen-bond donors (Lipinski definition) is 1. The van der Waals surface area contributed by atoms with E-state index in [9.17, 15) is 9.59 Å². The van der Waals surface area contributed by atoms with Crippen LogP contribution in [0.25, 0.3) is 0 Å². The smallest absolute Gasteiger partial charge is 0.323 e. The van der Waals surface area contributed by atoms with Crippen LogP contribution in [0.15, 0.2) is 30.3 Å². The molecule has 0 aliphatic rings. The molecule has 28 heavy (non-hydrogen) atoms. The van der Waals surface area contributed by atoms with Gasteiger partial charge >= 0.3 is 11.9 Å². The predicted octanol–water partition coefficient (Wildman–Crippen LogP) is 3.15. The van der Waals surface area contributed by atoms with Crippen molar-refractivity contribution in [1.29, 1.82) is 0 Å². The monoisotopic (exact) mass is 392 g/mol. The van der Waals surface area contributed by atoms with Crippen molar-refractivity contribution in [3.63, 3.8) is 0 Å². The Bertz CT molecular complexity index is 584. The molecule has 0 amide bonds. The number of esters is 2. The summed E-state index contributed by atoms with van der Waals surface area (Å²) in [4.78, 5) is 27.0. The Kier molecular flexibility index (Phi) is 10.8. The van der Waals surface area contributed by atoms with Crippen LogP contribution in [-0.2, 0) is 25.7 Å². The van der Waals surface area contributed by atoms with Crippen molar-refractivity contribution in [1.82, 2.24) is 10.2 Å². The van der Waals surface area contributed by atoms with Gasteiger partial charge in [-0.2, -0.15) is 0 Å². The average molecular weight is 393 g/mol. The Morgan fingerprint density at radius 3 is 2.39 bits per heavy atom. The fourth-order valence-corrected chi connectivity index (χ4v) is 2.82. The van der Waals surface area contributed by atoms with E-state index in [0.29, 0.717) is 19.5 Å². The number of likely N-dealkylation sites (N-methyl/N-ethyl adjacent to an activating group) is 2. The second-order valence-corrected chi connectivity index (χ2v) is 7.72. The molecule has 1 aromatic carbocycles. The summed E-state index contributed by atoms with van der Waals surface area (Å²) in [6.45, 7) is 12.9. The van der Waals surface area contributed by atoms with Gasteiger partial charge in [0.25, 0.3) is 0 Å². The molecule has 0 radical (unpaired) electrons. The minimum absolute atomic E-state index is 0.175. The Balaban J connectivity index is 2.66. The highest BCUT2D eigenvalue weighted by atomic mass is 16.6. The molecule has 0 spiro atoms. The molecule has 1 unspecified atom stereocenters. The van der Waals surface area contributed by atoms with Gasteiger partial charge in [0.2, 0.25) is 0 Å². The molecule has 0 saturated heterocycles. The summed E-state index contributed by atoms with van der Waals surface area (Å²) >= 11 is 0. The Labute approximate surface area is 169 Å². The third-order valence-electron chi connectivity index (χ3n) is 4.22. The molecule has 0 heterocycles. The third kappa shape index (κ3) is 9.85. The molecule has 0 aromatic heterocycles. The maximum Gasteiger partial charge on any atom is 0.323 e. The lowest BCUT2D eigenvalue weighted by Crippen LogP contribution is -2.47. The molecule has 158 valence electrons. The van der Waals surface area contributed by atoms with Crippen LogP contribution in [0.4, 0.5) is 0 Å². The van der Waals surface area contributed by atoms with Crippen LogP contribution in [0.2, 0.25) is 0 Å². The molecule has 0 bridgehead atoms. The Hall–Kier alpha value is -1.92. The van der Waals surface area contributed by atoms with Gasteiger partial charge in [-0.3, -0.25) is 14.5 Å². The maximum absolute atomic E-state index is 12.7. The minimum Gasteiger partial charge on any atom is -0.461 e. The molecule has 1 atom stereocenters. The lowest BCUT2D eigenvalue weighted by molar-refractivity contribution is -0.162. The van der Waals surface area contributed by atoms with Crippen LogP contribution in [0.1, 0.15) is 53.0 Å². The molecule has 1 aromatic rings. The van der Waals surface area contributed by atoms with Crippen molar-refractivity contribution in [2.24, 2.45) is 0 Å². The molecule has 0 fully saturated rings. The van der Waals surface area contributed by atoms with Crippen LogP contribution < -0.4 is 5.32 Å². The fourth-order valence-electron chi connectivity index (χ4n) is 2.82. The van der Waals surface area contributed by atoms with Gasteiger partial charge in [-0.25, -0.2) is 0 Å². The van der Waals surface area contributed by atoms with Crippen molar-refractivity contribution in [2.45, 2.75) is 65.7 Å². The summed E-state index contributed by atoms with van der Waals surface area (Å²) in [5, 5.41) is 3.27. The molecular weight excluding hydrogens is 356 g/mol. The first kappa shape index (κ1) is 24.1. The van der Waals surface area contributed by atoms with Crippen molar-refractivity contribution in [3.05, 3.63) is 35.9 Å². The van der Waals surface area contributed by atoms with E-state index >= 15 is 0 Å². The quantitative estimate of drug-likeness (QED) is 0.435. The zero-order valence-electron chi connectivity index (χ0n) is 18.0. The van der Waals surface area contributed by atoms with Gasteiger partial charge in [-0.05, 0) is 45.8 Å². The highest BCUT2D eigenvalue weighted by Crippen LogP contribution is 2.16. The van der Waals surface area contributed by atoms with Gasteiger partial charge in [-0.15, -0.1) is 0 Å². The number of hydrogen-bond acceptors (Lipinski definition) is 6. The molecule has 0 aliphatic heterocycles. The number of carbonyl (C=O) groups is 2. The summed E-state index contributed by atoms with van der Waals surface area (Å²) in [6.07, 6.45) is 0.553. The second kappa shape index (κ2) is 12.5. The van der Waals surface area contributed by atoms with Gasteiger partial charge in [0.05, 0.1) is 0 Å². The van der Waals surface area contributed by atoms with E-state index in [-0.39, 0.29) is 25.0 Å². The third-order valence-corrected chi connectivity index (χ3v) is 4.22. The van der Waals surface area contributed by atoms with E-state index in [1.807, 2.05) is 65.0 Å². The number of nitrogens with zero attached hydrogens (tertiary/aromatic N) is 1. The first-order chi connectivity index (χ1) is 13.3. The highest BCUT2D eigenvalue weighted by Gasteiger charge is 2.30. The normalized spacial score (nSPS) is 12.6. The highest BCUT2D eigenvalue weighted by molar-refractivity contribution is 5.77. The lowest BCUT2D eigenvalue weighted by Gasteiger charge is -2.31. The molecule has 1 rings (SSSR count). The topological polar surface area (TPSA) is 67.9 Å². The van der Waals surface area contributed by atoms with Crippen LogP contribution in [0.3, 0.4) is 0 Å². The van der Waals surface area contributed by atoms with Crippen molar-refractivity contribution in [3.8, 4) is 0 Å². The van der Waals surface area contributed by atoms with Crippen LogP contribution >= 0.6 is 0 Å². The average Bonchev–Trinajstić information content (AvgIpc) is 2.64. The largest absolute Gasteiger partial charge is 0.461 e. The lowest BCUT2D eigenvalue weighted by atomic mass is 10.1. The standard InChI is InChI=1S/C22H36N2O4/c1-6-23-15-16-24(7-2)19(21(26)28-22(3,4)5)13-14-20(25)27-17-18-11-9-8-10-12-18/h8-12,19,23H,6-7,13-17H2,1-5H3. The molecule has 0 saturated carbocycles. The number of carbonyl (C=O) groups excluding carboxylic acids is 2. The van der Waals surface area contributed by atoms with E-state index in [4.69, 9.17) is 9.47 Å². The summed E-state index contributed by atoms with van der Waals surface area (Å²) in [7, 11) is 0. The zero-order chi connectivity index (χ0) is 21.0. The van der Waals surface area contributed by atoms with E-state index in [1.165, 1.54) is 0 Å². The number of benzene rings is 1. The fraction of sp³-hybridized carbons (Fsp3) is 0.636. The summed E-state index contributed by atoms with van der Waals surface area (Å²) in [5.41, 5.74) is 0.380. The predicted molar refractivity (Wildman–Crippen MR) is 111 cm³/mol. The summed E-state index contributed by atoms with van der Waals surface area (Å²) in [5.74, 6) is -0.596. The molecule has 6 nitrogen and oxygen atoms in total. The van der Waals surface area contributed by atoms with Crippen molar-refractivity contribution < 1.29 is 19.1 Å². The van der Waals surface area contributed by atoms with Crippen LogP contribution in [0, 0.1) is 0 Å². The van der Waals surface area contributed by atoms with Gasteiger partial charge in [0.1, 0.15) is 18.2 Å². The number of nitrogens with one attached hydrogen (secondary N) is 1. The zero-order valence-corrected chi connectivity index (χ0v) is 18.0.